The van der Waals surface area contributed by atoms with Crippen LogP contribution in [0.3, 0.4) is 0 Å². The van der Waals surface area contributed by atoms with Gasteiger partial charge in [-0.25, -0.2) is 0 Å². The van der Waals surface area contributed by atoms with Gasteiger partial charge in [0, 0.05) is 23.6 Å². The molecule has 1 aromatic carbocycles. The number of hydrogen-bond acceptors (Lipinski definition) is 1. The number of rotatable bonds is 3. The zero-order valence-electron chi connectivity index (χ0n) is 8.83. The predicted molar refractivity (Wildman–Crippen MR) is 65.3 cm³/mol. The molecule has 2 aromatic rings. The fraction of sp³-hybridized carbons (Fsp3) is 0.333. The van der Waals surface area contributed by atoms with Gasteiger partial charge in [-0.1, -0.05) is 29.8 Å². The highest BCUT2D eigenvalue weighted by molar-refractivity contribution is 6.36. The van der Waals surface area contributed by atoms with Crippen molar-refractivity contribution < 1.29 is 0 Å². The summed E-state index contributed by atoms with van der Waals surface area (Å²) in [5.41, 5.74) is 7.89. The molecule has 1 aromatic heterocycles. The predicted octanol–water partition coefficient (Wildman–Crippen LogP) is 2.72. The Labute approximate surface area is 94.6 Å². The van der Waals surface area contributed by atoms with E-state index in [0.29, 0.717) is 6.54 Å². The summed E-state index contributed by atoms with van der Waals surface area (Å²) in [4.78, 5) is 0. The van der Waals surface area contributed by atoms with E-state index in [-0.39, 0.29) is 0 Å². The molecule has 0 radical (unpaired) electrons. The Morgan fingerprint density at radius 2 is 2.07 bits per heavy atom. The van der Waals surface area contributed by atoms with Gasteiger partial charge in [0.2, 0.25) is 0 Å². The van der Waals surface area contributed by atoms with Crippen molar-refractivity contribution >= 4 is 22.5 Å². The quantitative estimate of drug-likeness (QED) is 0.851. The highest BCUT2D eigenvalue weighted by Gasteiger charge is 2.11. The molecule has 0 bridgehead atoms. The zero-order valence-corrected chi connectivity index (χ0v) is 9.59. The summed E-state index contributed by atoms with van der Waals surface area (Å²) in [5.74, 6) is 0. The van der Waals surface area contributed by atoms with E-state index < -0.39 is 0 Å². The molecule has 0 fully saturated rings. The van der Waals surface area contributed by atoms with Crippen molar-refractivity contribution in [3.05, 3.63) is 35.0 Å². The molecule has 1 heterocycles. The van der Waals surface area contributed by atoms with Crippen LogP contribution in [0.5, 0.6) is 0 Å². The highest BCUT2D eigenvalue weighted by atomic mass is 35.5. The number of aryl methyl sites for hydroxylation is 1. The monoisotopic (exact) mass is 222 g/mol. The second-order valence-corrected chi connectivity index (χ2v) is 4.11. The van der Waals surface area contributed by atoms with Gasteiger partial charge >= 0.3 is 0 Å². The maximum atomic E-state index is 6.34. The van der Waals surface area contributed by atoms with Gasteiger partial charge < -0.3 is 10.3 Å². The molecular weight excluding hydrogens is 208 g/mol. The van der Waals surface area contributed by atoms with Crippen LogP contribution in [0.15, 0.2) is 24.3 Å². The lowest BCUT2D eigenvalue weighted by Gasteiger charge is -2.03. The Bertz CT molecular complexity index is 435. The van der Waals surface area contributed by atoms with Crippen molar-refractivity contribution in [2.24, 2.45) is 12.8 Å². The Kier molecular flexibility index (Phi) is 2.98. The van der Waals surface area contributed by atoms with E-state index in [9.17, 15) is 0 Å². The molecular formula is C12H15ClN2. The number of hydrogen-bond donors (Lipinski definition) is 1. The smallest absolute Gasteiger partial charge is 0.0693 e. The largest absolute Gasteiger partial charge is 0.346 e. The first kappa shape index (κ1) is 10.5. The fourth-order valence-corrected chi connectivity index (χ4v) is 2.33. The summed E-state index contributed by atoms with van der Waals surface area (Å²) < 4.78 is 2.16. The average Bonchev–Trinajstić information content (AvgIpc) is 2.51. The minimum Gasteiger partial charge on any atom is -0.346 e. The van der Waals surface area contributed by atoms with E-state index in [4.69, 9.17) is 17.3 Å². The molecule has 2 rings (SSSR count). The van der Waals surface area contributed by atoms with Gasteiger partial charge in [-0.15, -0.1) is 0 Å². The Hall–Kier alpha value is -0.990. The number of para-hydroxylation sites is 1. The van der Waals surface area contributed by atoms with Crippen molar-refractivity contribution in [1.82, 2.24) is 4.57 Å². The molecule has 0 saturated carbocycles. The normalized spacial score (nSPS) is 11.1. The van der Waals surface area contributed by atoms with E-state index in [1.807, 2.05) is 12.1 Å². The van der Waals surface area contributed by atoms with Crippen LogP contribution >= 0.6 is 11.6 Å². The van der Waals surface area contributed by atoms with Gasteiger partial charge in [-0.3, -0.25) is 0 Å². The van der Waals surface area contributed by atoms with Crippen molar-refractivity contribution in [2.75, 3.05) is 6.54 Å². The summed E-state index contributed by atoms with van der Waals surface area (Å²) in [6, 6.07) is 8.20. The number of aromatic nitrogens is 1. The van der Waals surface area contributed by atoms with E-state index in [1.165, 1.54) is 11.2 Å². The summed E-state index contributed by atoms with van der Waals surface area (Å²) in [6.45, 7) is 0.706. The van der Waals surface area contributed by atoms with Crippen LogP contribution in [-0.4, -0.2) is 11.1 Å². The molecule has 3 heteroatoms. The van der Waals surface area contributed by atoms with Crippen LogP contribution in [0.1, 0.15) is 12.1 Å². The molecule has 0 aliphatic carbocycles. The van der Waals surface area contributed by atoms with E-state index >= 15 is 0 Å². The zero-order chi connectivity index (χ0) is 10.8. The van der Waals surface area contributed by atoms with Crippen LogP contribution in [0.4, 0.5) is 0 Å². The third kappa shape index (κ3) is 1.75. The number of nitrogens with zero attached hydrogens (tertiary/aromatic N) is 1. The molecule has 2 nitrogen and oxygen atoms in total. The Morgan fingerprint density at radius 3 is 2.73 bits per heavy atom. The van der Waals surface area contributed by atoms with Crippen LogP contribution in [0.2, 0.25) is 5.02 Å². The van der Waals surface area contributed by atoms with Crippen LogP contribution in [-0.2, 0) is 13.5 Å². The van der Waals surface area contributed by atoms with Gasteiger partial charge in [-0.05, 0) is 25.5 Å². The minimum atomic E-state index is 0.706. The first-order valence-corrected chi connectivity index (χ1v) is 5.55. The van der Waals surface area contributed by atoms with Crippen LogP contribution < -0.4 is 5.73 Å². The topological polar surface area (TPSA) is 30.9 Å². The number of nitrogens with two attached hydrogens (primary N) is 1. The lowest BCUT2D eigenvalue weighted by Crippen LogP contribution is -2.03. The van der Waals surface area contributed by atoms with Crippen molar-refractivity contribution in [3.63, 3.8) is 0 Å². The summed E-state index contributed by atoms with van der Waals surface area (Å²) >= 11 is 6.34. The standard InChI is InChI=1S/C12H15ClN2/c1-15-10-6-3-2-5-9(10)12(13)11(15)7-4-8-14/h2-3,5-6H,4,7-8,14H2,1H3. The van der Waals surface area contributed by atoms with E-state index in [0.717, 1.165) is 23.3 Å². The van der Waals surface area contributed by atoms with Crippen LogP contribution in [0, 0.1) is 0 Å². The van der Waals surface area contributed by atoms with E-state index in [1.54, 1.807) is 0 Å². The molecule has 0 spiro atoms. The third-order valence-electron chi connectivity index (χ3n) is 2.78. The molecule has 2 N–H and O–H groups in total. The average molecular weight is 223 g/mol. The van der Waals surface area contributed by atoms with Crippen molar-refractivity contribution in [3.8, 4) is 0 Å². The molecule has 0 amide bonds. The maximum Gasteiger partial charge on any atom is 0.0693 e. The molecule has 0 atom stereocenters. The first-order chi connectivity index (χ1) is 7.25. The molecule has 0 saturated heterocycles. The SMILES string of the molecule is Cn1c(CCCN)c(Cl)c2ccccc21. The fourth-order valence-electron chi connectivity index (χ4n) is 1.95. The molecule has 0 aliphatic rings. The van der Waals surface area contributed by atoms with Crippen molar-refractivity contribution in [2.45, 2.75) is 12.8 Å². The molecule has 80 valence electrons. The molecule has 0 aliphatic heterocycles. The second-order valence-electron chi connectivity index (χ2n) is 3.73. The maximum absolute atomic E-state index is 6.34. The van der Waals surface area contributed by atoms with Gasteiger partial charge in [0.05, 0.1) is 5.02 Å². The lowest BCUT2D eigenvalue weighted by atomic mass is 10.2. The number of halogens is 1. The van der Waals surface area contributed by atoms with Gasteiger partial charge in [0.25, 0.3) is 0 Å². The highest BCUT2D eigenvalue weighted by Crippen LogP contribution is 2.30. The van der Waals surface area contributed by atoms with Crippen LogP contribution in [0.25, 0.3) is 10.9 Å². The molecule has 0 unspecified atom stereocenters. The van der Waals surface area contributed by atoms with Gasteiger partial charge in [0.15, 0.2) is 0 Å². The second kappa shape index (κ2) is 4.25. The number of fused-ring (bicyclic) bond motifs is 1. The van der Waals surface area contributed by atoms with Gasteiger partial charge in [0.1, 0.15) is 0 Å². The first-order valence-electron chi connectivity index (χ1n) is 5.17. The number of benzene rings is 1. The minimum absolute atomic E-state index is 0.706. The molecule has 15 heavy (non-hydrogen) atoms. The third-order valence-corrected chi connectivity index (χ3v) is 3.20. The summed E-state index contributed by atoms with van der Waals surface area (Å²) in [7, 11) is 2.06. The Balaban J connectivity index is 2.54. The summed E-state index contributed by atoms with van der Waals surface area (Å²) in [6.07, 6.45) is 1.92. The van der Waals surface area contributed by atoms with Crippen molar-refractivity contribution in [1.29, 1.82) is 0 Å². The van der Waals surface area contributed by atoms with Gasteiger partial charge in [-0.2, -0.15) is 0 Å². The summed E-state index contributed by atoms with van der Waals surface area (Å²) in [5, 5.41) is 2.01. The van der Waals surface area contributed by atoms with E-state index in [2.05, 4.69) is 23.7 Å². The lowest BCUT2D eigenvalue weighted by molar-refractivity contribution is 0.766. The Morgan fingerprint density at radius 1 is 1.33 bits per heavy atom.